The summed E-state index contributed by atoms with van der Waals surface area (Å²) in [6, 6.07) is 10.6. The van der Waals surface area contributed by atoms with E-state index < -0.39 is 0 Å². The Morgan fingerprint density at radius 3 is 2.63 bits per heavy atom. The number of nitrogens with zero attached hydrogens (tertiary/aromatic N) is 5. The van der Waals surface area contributed by atoms with Gasteiger partial charge in [-0.05, 0) is 38.7 Å². The van der Waals surface area contributed by atoms with Crippen LogP contribution in [0.1, 0.15) is 43.4 Å². The van der Waals surface area contributed by atoms with E-state index in [1.165, 1.54) is 11.1 Å². The molecule has 1 aliphatic rings. The van der Waals surface area contributed by atoms with Crippen molar-refractivity contribution in [2.24, 2.45) is 12.0 Å². The molecule has 7 heteroatoms. The molecule has 0 unspecified atom stereocenters. The smallest absolute Gasteiger partial charge is 0.194 e. The number of hydrogen-bond donors (Lipinski definition) is 1. The van der Waals surface area contributed by atoms with Crippen molar-refractivity contribution < 1.29 is 4.74 Å². The summed E-state index contributed by atoms with van der Waals surface area (Å²) in [6.07, 6.45) is 5.39. The van der Waals surface area contributed by atoms with E-state index in [9.17, 15) is 0 Å². The molecule has 3 rings (SSSR count). The van der Waals surface area contributed by atoms with Crippen molar-refractivity contribution in [3.8, 4) is 0 Å². The number of benzene rings is 1. The van der Waals surface area contributed by atoms with Gasteiger partial charge in [0, 0.05) is 39.9 Å². The van der Waals surface area contributed by atoms with Gasteiger partial charge in [-0.3, -0.25) is 0 Å². The third kappa shape index (κ3) is 6.42. The molecule has 1 aromatic carbocycles. The molecule has 0 bridgehead atoms. The lowest BCUT2D eigenvalue weighted by molar-refractivity contribution is 0.145. The van der Waals surface area contributed by atoms with Crippen molar-refractivity contribution in [3.05, 3.63) is 53.1 Å². The number of likely N-dealkylation sites (tertiary alicyclic amines) is 1. The molecule has 1 saturated heterocycles. The van der Waals surface area contributed by atoms with Crippen LogP contribution >= 0.6 is 0 Å². The van der Waals surface area contributed by atoms with Gasteiger partial charge in [-0.2, -0.15) is 0 Å². The van der Waals surface area contributed by atoms with Crippen LogP contribution in [0.4, 0.5) is 0 Å². The number of guanidine groups is 1. The largest absolute Gasteiger partial charge is 0.382 e. The zero-order valence-electron chi connectivity index (χ0n) is 18.5. The summed E-state index contributed by atoms with van der Waals surface area (Å²) in [5.41, 5.74) is 2.78. The Hall–Kier alpha value is -2.67. The number of rotatable bonds is 8. The van der Waals surface area contributed by atoms with Crippen molar-refractivity contribution in [2.75, 3.05) is 32.8 Å². The summed E-state index contributed by atoms with van der Waals surface area (Å²) >= 11 is 0. The Morgan fingerprint density at radius 1 is 1.20 bits per heavy atom. The lowest BCUT2D eigenvalue weighted by Crippen LogP contribution is -2.45. The van der Waals surface area contributed by atoms with Crippen LogP contribution in [0.5, 0.6) is 0 Å². The minimum absolute atomic E-state index is 0.522. The van der Waals surface area contributed by atoms with Crippen LogP contribution in [0.15, 0.2) is 40.9 Å². The van der Waals surface area contributed by atoms with Crippen molar-refractivity contribution in [3.63, 3.8) is 0 Å². The van der Waals surface area contributed by atoms with Crippen LogP contribution in [0.2, 0.25) is 0 Å². The minimum Gasteiger partial charge on any atom is -0.382 e. The van der Waals surface area contributed by atoms with E-state index in [0.717, 1.165) is 69.7 Å². The van der Waals surface area contributed by atoms with Crippen LogP contribution in [0.3, 0.4) is 0 Å². The van der Waals surface area contributed by atoms with Crippen LogP contribution in [0.25, 0.3) is 6.08 Å². The normalized spacial score (nSPS) is 14.8. The predicted molar refractivity (Wildman–Crippen MR) is 121 cm³/mol. The highest BCUT2D eigenvalue weighted by Crippen LogP contribution is 2.19. The number of aryl methyl sites for hydroxylation is 1. The highest BCUT2D eigenvalue weighted by molar-refractivity contribution is 5.80. The van der Waals surface area contributed by atoms with E-state index in [1.54, 1.807) is 0 Å². The first-order chi connectivity index (χ1) is 14.7. The molecule has 1 aromatic heterocycles. The molecule has 0 aliphatic carbocycles. The number of aliphatic imine (C=N–C) groups is 1. The number of aromatic nitrogens is 3. The fraction of sp³-hybridized carbons (Fsp3) is 0.522. The Bertz CT molecular complexity index is 833. The van der Waals surface area contributed by atoms with Gasteiger partial charge in [0.2, 0.25) is 0 Å². The Kier molecular flexibility index (Phi) is 8.44. The second-order valence-corrected chi connectivity index (χ2v) is 7.54. The first-order valence-corrected chi connectivity index (χ1v) is 10.9. The van der Waals surface area contributed by atoms with Gasteiger partial charge in [0.25, 0.3) is 0 Å². The SMILES string of the molecule is CCOCCCNC(=NCc1nnc(C)n1C)N1CCC(=Cc2ccccc2)CC1. The predicted octanol–water partition coefficient (Wildman–Crippen LogP) is 3.18. The van der Waals surface area contributed by atoms with Gasteiger partial charge in [0.05, 0.1) is 0 Å². The summed E-state index contributed by atoms with van der Waals surface area (Å²) < 4.78 is 7.45. The maximum absolute atomic E-state index is 5.46. The first kappa shape index (κ1) is 22.0. The van der Waals surface area contributed by atoms with Crippen molar-refractivity contribution >= 4 is 12.0 Å². The molecule has 2 heterocycles. The molecule has 162 valence electrons. The lowest BCUT2D eigenvalue weighted by Gasteiger charge is -2.31. The molecule has 0 spiro atoms. The molecular formula is C23H34N6O. The van der Waals surface area contributed by atoms with Gasteiger partial charge >= 0.3 is 0 Å². The summed E-state index contributed by atoms with van der Waals surface area (Å²) in [4.78, 5) is 7.22. The molecule has 7 nitrogen and oxygen atoms in total. The van der Waals surface area contributed by atoms with E-state index >= 15 is 0 Å². The third-order valence-electron chi connectivity index (χ3n) is 5.38. The molecule has 30 heavy (non-hydrogen) atoms. The monoisotopic (exact) mass is 410 g/mol. The molecule has 1 fully saturated rings. The third-order valence-corrected chi connectivity index (χ3v) is 5.38. The molecule has 0 radical (unpaired) electrons. The molecule has 1 aliphatic heterocycles. The zero-order valence-corrected chi connectivity index (χ0v) is 18.5. The van der Waals surface area contributed by atoms with E-state index in [4.69, 9.17) is 9.73 Å². The van der Waals surface area contributed by atoms with E-state index in [1.807, 2.05) is 25.5 Å². The summed E-state index contributed by atoms with van der Waals surface area (Å²) in [5, 5.41) is 11.9. The Morgan fingerprint density at radius 2 is 1.97 bits per heavy atom. The van der Waals surface area contributed by atoms with Crippen LogP contribution in [0, 0.1) is 6.92 Å². The van der Waals surface area contributed by atoms with Gasteiger partial charge in [-0.15, -0.1) is 10.2 Å². The standard InChI is InChI=1S/C23H34N6O/c1-4-30-16-8-13-24-23(25-18-22-27-26-19(2)28(22)3)29-14-11-21(12-15-29)17-20-9-6-5-7-10-20/h5-7,9-10,17H,4,8,11-16,18H2,1-3H3,(H,24,25). The van der Waals surface area contributed by atoms with Gasteiger partial charge in [0.1, 0.15) is 12.4 Å². The lowest BCUT2D eigenvalue weighted by atomic mass is 10.0. The summed E-state index contributed by atoms with van der Waals surface area (Å²) in [7, 11) is 1.98. The van der Waals surface area contributed by atoms with Crippen molar-refractivity contribution in [1.29, 1.82) is 0 Å². The van der Waals surface area contributed by atoms with E-state index in [-0.39, 0.29) is 0 Å². The number of piperidine rings is 1. The highest BCUT2D eigenvalue weighted by Gasteiger charge is 2.18. The first-order valence-electron chi connectivity index (χ1n) is 10.9. The number of ether oxygens (including phenoxy) is 1. The van der Waals surface area contributed by atoms with Gasteiger partial charge in [-0.1, -0.05) is 42.0 Å². The average Bonchev–Trinajstić information content (AvgIpc) is 3.09. The molecule has 0 atom stereocenters. The minimum atomic E-state index is 0.522. The molecule has 0 amide bonds. The van der Waals surface area contributed by atoms with Gasteiger partial charge in [-0.25, -0.2) is 4.99 Å². The molecule has 1 N–H and O–H groups in total. The fourth-order valence-electron chi connectivity index (χ4n) is 3.46. The number of nitrogens with one attached hydrogen (secondary N) is 1. The van der Waals surface area contributed by atoms with Crippen LogP contribution in [-0.4, -0.2) is 58.5 Å². The second kappa shape index (κ2) is 11.5. The Balaban J connectivity index is 1.62. The fourth-order valence-corrected chi connectivity index (χ4v) is 3.46. The maximum Gasteiger partial charge on any atom is 0.194 e. The summed E-state index contributed by atoms with van der Waals surface area (Å²) in [6.45, 7) is 8.81. The average molecular weight is 411 g/mol. The number of hydrogen-bond acceptors (Lipinski definition) is 4. The quantitative estimate of drug-likeness (QED) is 0.411. The van der Waals surface area contributed by atoms with Crippen molar-refractivity contribution in [1.82, 2.24) is 25.0 Å². The van der Waals surface area contributed by atoms with E-state index in [2.05, 4.69) is 56.8 Å². The Labute approximate surface area is 179 Å². The van der Waals surface area contributed by atoms with Gasteiger partial charge < -0.3 is 19.5 Å². The molecular weight excluding hydrogens is 376 g/mol. The van der Waals surface area contributed by atoms with Crippen molar-refractivity contribution in [2.45, 2.75) is 39.7 Å². The topological polar surface area (TPSA) is 67.6 Å². The zero-order chi connectivity index (χ0) is 21.2. The van der Waals surface area contributed by atoms with Gasteiger partial charge in [0.15, 0.2) is 11.8 Å². The molecule has 2 aromatic rings. The second-order valence-electron chi connectivity index (χ2n) is 7.54. The van der Waals surface area contributed by atoms with Crippen LogP contribution < -0.4 is 5.32 Å². The highest BCUT2D eigenvalue weighted by atomic mass is 16.5. The maximum atomic E-state index is 5.46. The molecule has 0 saturated carbocycles. The van der Waals surface area contributed by atoms with Crippen LogP contribution in [-0.2, 0) is 18.3 Å². The van der Waals surface area contributed by atoms with E-state index in [0.29, 0.717) is 6.54 Å². The summed E-state index contributed by atoms with van der Waals surface area (Å²) in [5.74, 6) is 2.73.